The van der Waals surface area contributed by atoms with Crippen molar-refractivity contribution in [3.05, 3.63) is 23.9 Å². The van der Waals surface area contributed by atoms with Crippen molar-refractivity contribution >= 4 is 23.8 Å². The average molecular weight is 312 g/mol. The Morgan fingerprint density at radius 3 is 2.36 bits per heavy atom. The third-order valence-electron chi connectivity index (χ3n) is 2.53. The number of carbonyl (C=O) groups is 4. The number of hydrogen-bond donors (Lipinski definition) is 4. The van der Waals surface area contributed by atoms with Gasteiger partial charge in [-0.2, -0.15) is 0 Å². The van der Waals surface area contributed by atoms with Gasteiger partial charge in [0, 0.05) is 6.20 Å². The Morgan fingerprint density at radius 1 is 1.23 bits per heavy atom. The van der Waals surface area contributed by atoms with E-state index in [0.29, 0.717) is 0 Å². The summed E-state index contributed by atoms with van der Waals surface area (Å²) in [5.41, 5.74) is 1.97. The van der Waals surface area contributed by atoms with Crippen LogP contribution in [0.15, 0.2) is 18.3 Å². The van der Waals surface area contributed by atoms with Crippen LogP contribution in [0.2, 0.25) is 0 Å². The molecule has 0 saturated carbocycles. The molecule has 5 N–H and O–H groups in total. The second kappa shape index (κ2) is 6.63. The van der Waals surface area contributed by atoms with Crippen molar-refractivity contribution in [1.82, 2.24) is 4.98 Å². The van der Waals surface area contributed by atoms with E-state index in [9.17, 15) is 24.3 Å². The first-order valence-corrected chi connectivity index (χ1v) is 5.79. The van der Waals surface area contributed by atoms with Crippen LogP contribution in [0.3, 0.4) is 0 Å². The van der Waals surface area contributed by atoms with Crippen molar-refractivity contribution in [2.75, 3.05) is 0 Å². The number of pyridine rings is 1. The highest BCUT2D eigenvalue weighted by atomic mass is 16.5. The largest absolute Gasteiger partial charge is 0.481 e. The standard InChI is InChI=1S/C12H12N2O8/c13-9(18)6-2-1-3-14-10(6)22-8(17)5-12(21,11(19)20)4-7(15)16/h1-3,21H,4-5H2,(H2,13,18)(H,15,16)(H,19,20). The molecule has 0 aromatic carbocycles. The van der Waals surface area contributed by atoms with E-state index in [1.165, 1.54) is 18.3 Å². The first-order valence-electron chi connectivity index (χ1n) is 5.79. The van der Waals surface area contributed by atoms with Gasteiger partial charge in [0.25, 0.3) is 5.91 Å². The molecule has 1 atom stereocenters. The van der Waals surface area contributed by atoms with Crippen molar-refractivity contribution in [3.8, 4) is 5.88 Å². The van der Waals surface area contributed by atoms with Crippen molar-refractivity contribution in [3.63, 3.8) is 0 Å². The predicted molar refractivity (Wildman–Crippen MR) is 67.8 cm³/mol. The first-order chi connectivity index (χ1) is 10.2. The monoisotopic (exact) mass is 312 g/mol. The maximum absolute atomic E-state index is 11.7. The molecule has 0 radical (unpaired) electrons. The van der Waals surface area contributed by atoms with Gasteiger partial charge in [0.15, 0.2) is 5.60 Å². The number of amides is 1. The second-order valence-corrected chi connectivity index (χ2v) is 4.28. The number of nitrogens with two attached hydrogens (primary N) is 1. The third-order valence-corrected chi connectivity index (χ3v) is 2.53. The molecule has 0 aliphatic carbocycles. The van der Waals surface area contributed by atoms with Crippen molar-refractivity contribution in [2.24, 2.45) is 5.73 Å². The number of nitrogens with zero attached hydrogens (tertiary/aromatic N) is 1. The Kier molecular flexibility index (Phi) is 5.13. The smallest absolute Gasteiger partial charge is 0.336 e. The van der Waals surface area contributed by atoms with Gasteiger partial charge in [-0.3, -0.25) is 14.4 Å². The van der Waals surface area contributed by atoms with Gasteiger partial charge >= 0.3 is 17.9 Å². The number of aliphatic carboxylic acids is 2. The number of hydrogen-bond acceptors (Lipinski definition) is 7. The van der Waals surface area contributed by atoms with Gasteiger partial charge in [-0.15, -0.1) is 0 Å². The number of carboxylic acids is 2. The molecule has 0 spiro atoms. The molecule has 0 aliphatic heterocycles. The molecule has 1 aromatic heterocycles. The maximum Gasteiger partial charge on any atom is 0.336 e. The van der Waals surface area contributed by atoms with Gasteiger partial charge < -0.3 is 25.8 Å². The molecular weight excluding hydrogens is 300 g/mol. The first kappa shape index (κ1) is 17.0. The van der Waals surface area contributed by atoms with Gasteiger partial charge in [-0.05, 0) is 12.1 Å². The van der Waals surface area contributed by atoms with Gasteiger partial charge in [0.2, 0.25) is 5.88 Å². The number of carbonyl (C=O) groups excluding carboxylic acids is 2. The number of primary amides is 1. The lowest BCUT2D eigenvalue weighted by Gasteiger charge is -2.20. The summed E-state index contributed by atoms with van der Waals surface area (Å²) in [7, 11) is 0. The van der Waals surface area contributed by atoms with Crippen LogP contribution in [0, 0.1) is 0 Å². The van der Waals surface area contributed by atoms with Crippen LogP contribution in [0.1, 0.15) is 23.2 Å². The van der Waals surface area contributed by atoms with Crippen molar-refractivity contribution in [1.29, 1.82) is 0 Å². The molecule has 0 saturated heterocycles. The number of ether oxygens (including phenoxy) is 1. The van der Waals surface area contributed by atoms with Crippen molar-refractivity contribution < 1.29 is 39.2 Å². The molecule has 22 heavy (non-hydrogen) atoms. The lowest BCUT2D eigenvalue weighted by molar-refractivity contribution is -0.169. The number of esters is 1. The molecular formula is C12H12N2O8. The van der Waals surface area contributed by atoms with E-state index in [0.717, 1.165) is 0 Å². The second-order valence-electron chi connectivity index (χ2n) is 4.28. The topological polar surface area (TPSA) is 177 Å². The number of aromatic nitrogens is 1. The van der Waals surface area contributed by atoms with Gasteiger partial charge in [0.05, 0.1) is 12.8 Å². The summed E-state index contributed by atoms with van der Waals surface area (Å²) in [5.74, 6) is -6.21. The minimum Gasteiger partial charge on any atom is -0.481 e. The van der Waals surface area contributed by atoms with E-state index < -0.39 is 48.1 Å². The fourth-order valence-corrected chi connectivity index (χ4v) is 1.51. The van der Waals surface area contributed by atoms with Gasteiger partial charge in [-0.1, -0.05) is 0 Å². The van der Waals surface area contributed by atoms with Crippen LogP contribution in [-0.4, -0.2) is 49.7 Å². The van der Waals surface area contributed by atoms with E-state index in [2.05, 4.69) is 9.72 Å². The zero-order chi connectivity index (χ0) is 16.9. The van der Waals surface area contributed by atoms with Gasteiger partial charge in [-0.25, -0.2) is 9.78 Å². The highest BCUT2D eigenvalue weighted by molar-refractivity contribution is 5.96. The number of aliphatic hydroxyl groups is 1. The highest BCUT2D eigenvalue weighted by Crippen LogP contribution is 2.19. The Hall–Kier alpha value is -3.01. The average Bonchev–Trinajstić information content (AvgIpc) is 2.37. The van der Waals surface area contributed by atoms with Gasteiger partial charge in [0.1, 0.15) is 5.56 Å². The Bertz CT molecular complexity index is 629. The lowest BCUT2D eigenvalue weighted by Crippen LogP contribution is -2.43. The molecule has 1 rings (SSSR count). The summed E-state index contributed by atoms with van der Waals surface area (Å²) >= 11 is 0. The minimum atomic E-state index is -2.84. The minimum absolute atomic E-state index is 0.229. The molecule has 1 aromatic rings. The van der Waals surface area contributed by atoms with E-state index in [-0.39, 0.29) is 5.56 Å². The Morgan fingerprint density at radius 2 is 1.86 bits per heavy atom. The molecule has 0 aliphatic rings. The molecule has 118 valence electrons. The highest BCUT2D eigenvalue weighted by Gasteiger charge is 2.41. The normalized spacial score (nSPS) is 13.0. The summed E-state index contributed by atoms with van der Waals surface area (Å²) in [6.45, 7) is 0. The molecule has 1 heterocycles. The molecule has 0 bridgehead atoms. The maximum atomic E-state index is 11.7. The molecule has 1 amide bonds. The predicted octanol–water partition coefficient (Wildman–Crippen LogP) is -1.23. The van der Waals surface area contributed by atoms with E-state index >= 15 is 0 Å². The fourth-order valence-electron chi connectivity index (χ4n) is 1.51. The summed E-state index contributed by atoms with van der Waals surface area (Å²) in [6.07, 6.45) is -1.17. The lowest BCUT2D eigenvalue weighted by atomic mass is 9.96. The van der Waals surface area contributed by atoms with Crippen LogP contribution in [0.4, 0.5) is 0 Å². The molecule has 10 nitrogen and oxygen atoms in total. The molecule has 0 fully saturated rings. The van der Waals surface area contributed by atoms with Crippen LogP contribution >= 0.6 is 0 Å². The van der Waals surface area contributed by atoms with Crippen LogP contribution in [0.5, 0.6) is 5.88 Å². The quantitative estimate of drug-likeness (QED) is 0.448. The molecule has 10 heteroatoms. The summed E-state index contributed by atoms with van der Waals surface area (Å²) in [4.78, 5) is 47.8. The van der Waals surface area contributed by atoms with Crippen LogP contribution < -0.4 is 10.5 Å². The zero-order valence-electron chi connectivity index (χ0n) is 11.1. The molecule has 1 unspecified atom stereocenters. The number of rotatable bonds is 7. The van der Waals surface area contributed by atoms with Crippen LogP contribution in [0.25, 0.3) is 0 Å². The zero-order valence-corrected chi connectivity index (χ0v) is 11.1. The summed E-state index contributed by atoms with van der Waals surface area (Å²) in [6, 6.07) is 2.58. The van der Waals surface area contributed by atoms with E-state index in [4.69, 9.17) is 15.9 Å². The van der Waals surface area contributed by atoms with E-state index in [1.54, 1.807) is 0 Å². The van der Waals surface area contributed by atoms with Crippen LogP contribution in [-0.2, 0) is 14.4 Å². The SMILES string of the molecule is NC(=O)c1cccnc1OC(=O)CC(O)(CC(=O)O)C(=O)O. The number of carboxylic acid groups (broad SMARTS) is 2. The Balaban J connectivity index is 2.92. The Labute approximate surface area is 123 Å². The van der Waals surface area contributed by atoms with E-state index in [1.807, 2.05) is 0 Å². The summed E-state index contributed by atoms with van der Waals surface area (Å²) < 4.78 is 4.67. The summed E-state index contributed by atoms with van der Waals surface area (Å²) in [5, 5.41) is 27.1. The van der Waals surface area contributed by atoms with Crippen molar-refractivity contribution in [2.45, 2.75) is 18.4 Å². The fraction of sp³-hybridized carbons (Fsp3) is 0.250. The third kappa shape index (κ3) is 4.24.